The highest BCUT2D eigenvalue weighted by Crippen LogP contribution is 2.23. The van der Waals surface area contributed by atoms with Crippen molar-refractivity contribution >= 4 is 17.8 Å². The van der Waals surface area contributed by atoms with E-state index in [1.54, 1.807) is 11.0 Å². The van der Waals surface area contributed by atoms with Gasteiger partial charge < -0.3 is 4.90 Å². The van der Waals surface area contributed by atoms with Gasteiger partial charge in [-0.3, -0.25) is 9.59 Å². The summed E-state index contributed by atoms with van der Waals surface area (Å²) in [5, 5.41) is 0. The number of allylic oxidation sites excluding steroid dienone is 1. The maximum atomic E-state index is 11.7. The van der Waals surface area contributed by atoms with E-state index >= 15 is 0 Å². The number of carbonyl (C=O) groups excluding carboxylic acids is 2. The van der Waals surface area contributed by atoms with E-state index in [0.29, 0.717) is 6.54 Å². The largest absolute Gasteiger partial charge is 0.334 e. The Kier molecular flexibility index (Phi) is 3.95. The average molecular weight is 255 g/mol. The smallest absolute Gasteiger partial charge is 0.246 e. The van der Waals surface area contributed by atoms with Crippen LogP contribution in [-0.2, 0) is 22.6 Å². The Balaban J connectivity index is 2.32. The van der Waals surface area contributed by atoms with E-state index in [4.69, 9.17) is 0 Å². The van der Waals surface area contributed by atoms with E-state index in [2.05, 4.69) is 12.6 Å². The molecule has 1 amide bonds. The Bertz CT molecular complexity index is 558. The van der Waals surface area contributed by atoms with Crippen LogP contribution in [-0.4, -0.2) is 23.1 Å². The van der Waals surface area contributed by atoms with Gasteiger partial charge >= 0.3 is 0 Å². The number of benzene rings is 1. The van der Waals surface area contributed by atoms with Crippen LogP contribution in [0.15, 0.2) is 36.9 Å². The van der Waals surface area contributed by atoms with Gasteiger partial charge in [0.25, 0.3) is 0 Å². The molecule has 2 rings (SSSR count). The molecule has 1 aromatic rings. The van der Waals surface area contributed by atoms with Crippen molar-refractivity contribution in [2.45, 2.75) is 19.9 Å². The molecule has 0 radical (unpaired) electrons. The summed E-state index contributed by atoms with van der Waals surface area (Å²) in [6, 6.07) is 6.04. The molecule has 0 N–H and O–H groups in total. The molecule has 0 aliphatic carbocycles. The zero-order chi connectivity index (χ0) is 13.8. The number of carbonyl (C=O) groups is 2. The fourth-order valence-electron chi connectivity index (χ4n) is 2.29. The van der Waals surface area contributed by atoms with Crippen molar-refractivity contribution in [3.63, 3.8) is 0 Å². The minimum absolute atomic E-state index is 0.0208. The maximum Gasteiger partial charge on any atom is 0.246 e. The molecule has 1 aliphatic heterocycles. The number of hydrogen-bond acceptors (Lipinski definition) is 2. The van der Waals surface area contributed by atoms with Crippen molar-refractivity contribution in [1.82, 2.24) is 4.90 Å². The Morgan fingerprint density at radius 2 is 2.16 bits per heavy atom. The molecule has 0 spiro atoms. The molecule has 1 aliphatic rings. The number of nitrogens with zero attached hydrogens (tertiary/aromatic N) is 1. The first-order chi connectivity index (χ1) is 9.11. The lowest BCUT2D eigenvalue weighted by Crippen LogP contribution is -2.35. The quantitative estimate of drug-likeness (QED) is 0.777. The zero-order valence-electron chi connectivity index (χ0n) is 11.1. The Morgan fingerprint density at radius 3 is 2.84 bits per heavy atom. The van der Waals surface area contributed by atoms with Gasteiger partial charge in [-0.05, 0) is 42.2 Å². The summed E-state index contributed by atoms with van der Waals surface area (Å²) in [5.41, 5.74) is 3.38. The Hall–Kier alpha value is -2.16. The Morgan fingerprint density at radius 1 is 1.37 bits per heavy atom. The third-order valence-electron chi connectivity index (χ3n) is 3.29. The van der Waals surface area contributed by atoms with Crippen LogP contribution in [0.2, 0.25) is 0 Å². The highest BCUT2D eigenvalue weighted by molar-refractivity contribution is 5.92. The number of rotatable bonds is 3. The molecule has 0 unspecified atom stereocenters. The van der Waals surface area contributed by atoms with Gasteiger partial charge in [0.1, 0.15) is 0 Å². The molecule has 1 aromatic carbocycles. The first kappa shape index (κ1) is 13.3. The summed E-state index contributed by atoms with van der Waals surface area (Å²) in [5.74, 6) is -0.0246. The standard InChI is InChI=1S/C16H17NO2/c1-3-16(19)17-10-9-14-6-4-5-13(15(14)11-17)8-7-12(2)18/h3-8H,1,9-11H2,2H3/b8-7+. The molecule has 0 saturated carbocycles. The van der Waals surface area contributed by atoms with E-state index < -0.39 is 0 Å². The molecule has 0 bridgehead atoms. The average Bonchev–Trinajstić information content (AvgIpc) is 2.43. The van der Waals surface area contributed by atoms with Crippen molar-refractivity contribution in [3.8, 4) is 0 Å². The minimum atomic E-state index is -0.0454. The second-order valence-corrected chi connectivity index (χ2v) is 4.64. The molecule has 98 valence electrons. The predicted octanol–water partition coefficient (Wildman–Crippen LogP) is 2.36. The molecule has 3 heteroatoms. The monoisotopic (exact) mass is 255 g/mol. The molecule has 1 heterocycles. The van der Waals surface area contributed by atoms with Gasteiger partial charge in [-0.25, -0.2) is 0 Å². The normalized spacial score (nSPS) is 14.3. The van der Waals surface area contributed by atoms with Crippen LogP contribution in [0.25, 0.3) is 6.08 Å². The highest BCUT2D eigenvalue weighted by Gasteiger charge is 2.20. The van der Waals surface area contributed by atoms with E-state index in [-0.39, 0.29) is 11.7 Å². The van der Waals surface area contributed by atoms with E-state index in [1.807, 2.05) is 18.2 Å². The number of fused-ring (bicyclic) bond motifs is 1. The molecule has 0 fully saturated rings. The summed E-state index contributed by atoms with van der Waals surface area (Å²) >= 11 is 0. The molecular formula is C16H17NO2. The van der Waals surface area contributed by atoms with Crippen molar-refractivity contribution in [1.29, 1.82) is 0 Å². The second-order valence-electron chi connectivity index (χ2n) is 4.64. The number of amides is 1. The first-order valence-corrected chi connectivity index (χ1v) is 6.32. The first-order valence-electron chi connectivity index (χ1n) is 6.32. The Labute approximate surface area is 113 Å². The third kappa shape index (κ3) is 2.99. The van der Waals surface area contributed by atoms with Gasteiger partial charge in [-0.2, -0.15) is 0 Å². The van der Waals surface area contributed by atoms with Crippen LogP contribution in [0.1, 0.15) is 23.6 Å². The van der Waals surface area contributed by atoms with Crippen LogP contribution in [0.4, 0.5) is 0 Å². The summed E-state index contributed by atoms with van der Waals surface area (Å²) in [7, 11) is 0. The summed E-state index contributed by atoms with van der Waals surface area (Å²) < 4.78 is 0. The van der Waals surface area contributed by atoms with Crippen LogP contribution in [0.3, 0.4) is 0 Å². The van der Waals surface area contributed by atoms with Gasteiger partial charge in [0, 0.05) is 13.1 Å². The summed E-state index contributed by atoms with van der Waals surface area (Å²) in [6.45, 7) is 6.35. The summed E-state index contributed by atoms with van der Waals surface area (Å²) in [4.78, 5) is 24.5. The molecule has 3 nitrogen and oxygen atoms in total. The predicted molar refractivity (Wildman–Crippen MR) is 75.5 cm³/mol. The van der Waals surface area contributed by atoms with Crippen molar-refractivity contribution < 1.29 is 9.59 Å². The molecule has 19 heavy (non-hydrogen) atoms. The maximum absolute atomic E-state index is 11.7. The van der Waals surface area contributed by atoms with Crippen LogP contribution in [0.5, 0.6) is 0 Å². The van der Waals surface area contributed by atoms with Crippen molar-refractivity contribution in [3.05, 3.63) is 53.6 Å². The molecular weight excluding hydrogens is 238 g/mol. The van der Waals surface area contributed by atoms with Gasteiger partial charge in [0.05, 0.1) is 0 Å². The van der Waals surface area contributed by atoms with E-state index in [9.17, 15) is 9.59 Å². The van der Waals surface area contributed by atoms with Crippen molar-refractivity contribution in [2.24, 2.45) is 0 Å². The van der Waals surface area contributed by atoms with Gasteiger partial charge in [0.15, 0.2) is 5.78 Å². The van der Waals surface area contributed by atoms with Crippen LogP contribution < -0.4 is 0 Å². The van der Waals surface area contributed by atoms with Crippen molar-refractivity contribution in [2.75, 3.05) is 6.54 Å². The third-order valence-corrected chi connectivity index (χ3v) is 3.29. The molecule has 0 aromatic heterocycles. The summed E-state index contributed by atoms with van der Waals surface area (Å²) in [6.07, 6.45) is 5.57. The van der Waals surface area contributed by atoms with Gasteiger partial charge in [-0.15, -0.1) is 0 Å². The van der Waals surface area contributed by atoms with E-state index in [1.165, 1.54) is 18.6 Å². The molecule has 0 saturated heterocycles. The topological polar surface area (TPSA) is 37.4 Å². The second kappa shape index (κ2) is 5.65. The zero-order valence-corrected chi connectivity index (χ0v) is 11.1. The lowest BCUT2D eigenvalue weighted by atomic mass is 9.94. The fourth-order valence-corrected chi connectivity index (χ4v) is 2.29. The number of ketones is 1. The van der Waals surface area contributed by atoms with E-state index in [0.717, 1.165) is 24.1 Å². The number of hydrogen-bond donors (Lipinski definition) is 0. The lowest BCUT2D eigenvalue weighted by molar-refractivity contribution is -0.126. The molecule has 0 atom stereocenters. The van der Waals surface area contributed by atoms with Crippen LogP contribution in [0, 0.1) is 0 Å². The van der Waals surface area contributed by atoms with Crippen LogP contribution >= 0.6 is 0 Å². The van der Waals surface area contributed by atoms with Gasteiger partial charge in [-0.1, -0.05) is 30.9 Å². The highest BCUT2D eigenvalue weighted by atomic mass is 16.2. The fraction of sp³-hybridized carbons (Fsp3) is 0.250. The SMILES string of the molecule is C=CC(=O)N1CCc2cccc(/C=C/C(C)=O)c2C1. The van der Waals surface area contributed by atoms with Gasteiger partial charge in [0.2, 0.25) is 5.91 Å². The lowest BCUT2D eigenvalue weighted by Gasteiger charge is -2.29. The minimum Gasteiger partial charge on any atom is -0.334 e.